The molecule has 0 bridgehead atoms. The van der Waals surface area contributed by atoms with E-state index in [9.17, 15) is 4.79 Å². The van der Waals surface area contributed by atoms with E-state index < -0.39 is 5.97 Å². The monoisotopic (exact) mass is 196 g/mol. The van der Waals surface area contributed by atoms with Crippen molar-refractivity contribution < 1.29 is 14.6 Å². The van der Waals surface area contributed by atoms with Crippen molar-refractivity contribution in [3.8, 4) is 0 Å². The third-order valence-corrected chi connectivity index (χ3v) is 2.30. The molecule has 0 spiro atoms. The Balaban J connectivity index is 2.11. The van der Waals surface area contributed by atoms with Crippen molar-refractivity contribution in [1.82, 2.24) is 9.78 Å². The van der Waals surface area contributed by atoms with E-state index in [4.69, 9.17) is 9.84 Å². The first kappa shape index (κ1) is 9.21. The van der Waals surface area contributed by atoms with Gasteiger partial charge in [0.15, 0.2) is 0 Å². The Hall–Kier alpha value is -1.36. The second kappa shape index (κ2) is 3.79. The average molecular weight is 196 g/mol. The SMILES string of the molecule is O=C(O)c1cnn([C@H]2CCCCO2)c1. The highest BCUT2D eigenvalue weighted by atomic mass is 16.5. The Morgan fingerprint density at radius 3 is 3.07 bits per heavy atom. The normalized spacial score (nSPS) is 22.1. The van der Waals surface area contributed by atoms with Crippen LogP contribution in [0.5, 0.6) is 0 Å². The number of ether oxygens (including phenoxy) is 1. The Morgan fingerprint density at radius 2 is 2.50 bits per heavy atom. The third-order valence-electron chi connectivity index (χ3n) is 2.30. The molecule has 5 heteroatoms. The van der Waals surface area contributed by atoms with E-state index in [1.165, 1.54) is 12.4 Å². The first-order valence-electron chi connectivity index (χ1n) is 4.66. The number of carboxylic acid groups (broad SMARTS) is 1. The van der Waals surface area contributed by atoms with Gasteiger partial charge in [-0.25, -0.2) is 9.48 Å². The summed E-state index contributed by atoms with van der Waals surface area (Å²) in [5, 5.41) is 12.7. The van der Waals surface area contributed by atoms with Gasteiger partial charge in [-0.15, -0.1) is 0 Å². The number of rotatable bonds is 2. The molecule has 0 aliphatic carbocycles. The molecular formula is C9H12N2O3. The van der Waals surface area contributed by atoms with Crippen LogP contribution in [-0.2, 0) is 4.74 Å². The van der Waals surface area contributed by atoms with Crippen LogP contribution in [0.4, 0.5) is 0 Å². The van der Waals surface area contributed by atoms with Crippen LogP contribution in [0.1, 0.15) is 35.8 Å². The van der Waals surface area contributed by atoms with E-state index in [-0.39, 0.29) is 11.8 Å². The molecule has 0 aromatic carbocycles. The van der Waals surface area contributed by atoms with Crippen LogP contribution in [-0.4, -0.2) is 27.5 Å². The molecule has 14 heavy (non-hydrogen) atoms. The molecule has 0 saturated carbocycles. The molecular weight excluding hydrogens is 184 g/mol. The molecule has 1 atom stereocenters. The second-order valence-electron chi connectivity index (χ2n) is 3.34. The fourth-order valence-corrected chi connectivity index (χ4v) is 1.54. The third kappa shape index (κ3) is 1.77. The van der Waals surface area contributed by atoms with Gasteiger partial charge in [-0.05, 0) is 19.3 Å². The highest BCUT2D eigenvalue weighted by Gasteiger charge is 2.17. The van der Waals surface area contributed by atoms with Crippen LogP contribution in [0.3, 0.4) is 0 Å². The number of carboxylic acids is 1. The van der Waals surface area contributed by atoms with Crippen LogP contribution in [0.2, 0.25) is 0 Å². The summed E-state index contributed by atoms with van der Waals surface area (Å²) in [5.41, 5.74) is 0.208. The first-order chi connectivity index (χ1) is 6.77. The fourth-order valence-electron chi connectivity index (χ4n) is 1.54. The highest BCUT2D eigenvalue weighted by molar-refractivity contribution is 5.86. The van der Waals surface area contributed by atoms with E-state index in [1.54, 1.807) is 4.68 Å². The van der Waals surface area contributed by atoms with E-state index in [0.29, 0.717) is 0 Å². The van der Waals surface area contributed by atoms with Crippen molar-refractivity contribution in [2.45, 2.75) is 25.5 Å². The second-order valence-corrected chi connectivity index (χ2v) is 3.34. The maximum atomic E-state index is 10.6. The summed E-state index contributed by atoms with van der Waals surface area (Å²) >= 11 is 0. The first-order valence-corrected chi connectivity index (χ1v) is 4.66. The van der Waals surface area contributed by atoms with Crippen molar-refractivity contribution in [3.63, 3.8) is 0 Å². The molecule has 76 valence electrons. The molecule has 1 saturated heterocycles. The van der Waals surface area contributed by atoms with Crippen molar-refractivity contribution >= 4 is 5.97 Å². The highest BCUT2D eigenvalue weighted by Crippen LogP contribution is 2.21. The van der Waals surface area contributed by atoms with E-state index in [1.807, 2.05) is 0 Å². The summed E-state index contributed by atoms with van der Waals surface area (Å²) in [6.07, 6.45) is 5.85. The van der Waals surface area contributed by atoms with Crippen LogP contribution in [0.25, 0.3) is 0 Å². The molecule has 1 aromatic rings. The summed E-state index contributed by atoms with van der Waals surface area (Å²) < 4.78 is 7.05. The van der Waals surface area contributed by atoms with Crippen molar-refractivity contribution in [1.29, 1.82) is 0 Å². The molecule has 1 aliphatic heterocycles. The molecule has 0 radical (unpaired) electrons. The number of hydrogen-bond donors (Lipinski definition) is 1. The maximum absolute atomic E-state index is 10.6. The van der Waals surface area contributed by atoms with Gasteiger partial charge in [0.2, 0.25) is 0 Å². The van der Waals surface area contributed by atoms with Crippen molar-refractivity contribution in [2.24, 2.45) is 0 Å². The minimum atomic E-state index is -0.952. The lowest BCUT2D eigenvalue weighted by molar-refractivity contribution is -0.0395. The lowest BCUT2D eigenvalue weighted by Crippen LogP contribution is -2.18. The van der Waals surface area contributed by atoms with Gasteiger partial charge >= 0.3 is 5.97 Å². The van der Waals surface area contributed by atoms with Crippen molar-refractivity contribution in [3.05, 3.63) is 18.0 Å². The summed E-state index contributed by atoms with van der Waals surface area (Å²) in [4.78, 5) is 10.6. The van der Waals surface area contributed by atoms with E-state index >= 15 is 0 Å². The number of hydrogen-bond acceptors (Lipinski definition) is 3. The van der Waals surface area contributed by atoms with Crippen LogP contribution < -0.4 is 0 Å². The number of aromatic carboxylic acids is 1. The van der Waals surface area contributed by atoms with E-state index in [2.05, 4.69) is 5.10 Å². The summed E-state index contributed by atoms with van der Waals surface area (Å²) in [6, 6.07) is 0. The number of nitrogens with zero attached hydrogens (tertiary/aromatic N) is 2. The zero-order chi connectivity index (χ0) is 9.97. The summed E-state index contributed by atoms with van der Waals surface area (Å²) in [7, 11) is 0. The quantitative estimate of drug-likeness (QED) is 0.773. The Labute approximate surface area is 81.3 Å². The van der Waals surface area contributed by atoms with Crippen LogP contribution in [0.15, 0.2) is 12.4 Å². The van der Waals surface area contributed by atoms with E-state index in [0.717, 1.165) is 25.9 Å². The Kier molecular flexibility index (Phi) is 2.49. The number of aromatic nitrogens is 2. The van der Waals surface area contributed by atoms with Gasteiger partial charge in [-0.3, -0.25) is 0 Å². The largest absolute Gasteiger partial charge is 0.478 e. The summed E-state index contributed by atoms with van der Waals surface area (Å²) in [6.45, 7) is 0.729. The molecule has 1 fully saturated rings. The lowest BCUT2D eigenvalue weighted by atomic mass is 10.2. The van der Waals surface area contributed by atoms with Gasteiger partial charge in [-0.2, -0.15) is 5.10 Å². The minimum absolute atomic E-state index is 0.0863. The minimum Gasteiger partial charge on any atom is -0.478 e. The van der Waals surface area contributed by atoms with Gasteiger partial charge in [0.1, 0.15) is 6.23 Å². The Bertz CT molecular complexity index is 329. The van der Waals surface area contributed by atoms with Crippen LogP contribution in [0, 0.1) is 0 Å². The molecule has 1 aliphatic rings. The van der Waals surface area contributed by atoms with Crippen LogP contribution >= 0.6 is 0 Å². The Morgan fingerprint density at radius 1 is 1.64 bits per heavy atom. The molecule has 0 amide bonds. The average Bonchev–Trinajstić information content (AvgIpc) is 2.68. The predicted octanol–water partition coefficient (Wildman–Crippen LogP) is 1.28. The lowest BCUT2D eigenvalue weighted by Gasteiger charge is -2.22. The van der Waals surface area contributed by atoms with Crippen molar-refractivity contribution in [2.75, 3.05) is 6.61 Å². The molecule has 0 unspecified atom stereocenters. The van der Waals surface area contributed by atoms with Gasteiger partial charge in [0, 0.05) is 12.8 Å². The van der Waals surface area contributed by atoms with Gasteiger partial charge in [0.05, 0.1) is 11.8 Å². The molecule has 1 N–H and O–H groups in total. The molecule has 2 rings (SSSR count). The zero-order valence-electron chi connectivity index (χ0n) is 7.72. The predicted molar refractivity (Wildman–Crippen MR) is 48.0 cm³/mol. The van der Waals surface area contributed by atoms with Gasteiger partial charge in [0.25, 0.3) is 0 Å². The van der Waals surface area contributed by atoms with Gasteiger partial charge in [-0.1, -0.05) is 0 Å². The topological polar surface area (TPSA) is 64.3 Å². The fraction of sp³-hybridized carbons (Fsp3) is 0.556. The van der Waals surface area contributed by atoms with Gasteiger partial charge < -0.3 is 9.84 Å². The molecule has 2 heterocycles. The smallest absolute Gasteiger partial charge is 0.338 e. The maximum Gasteiger partial charge on any atom is 0.338 e. The summed E-state index contributed by atoms with van der Waals surface area (Å²) in [5.74, 6) is -0.952. The standard InChI is InChI=1S/C9H12N2O3/c12-9(13)7-5-10-11(6-7)8-3-1-2-4-14-8/h5-6,8H,1-4H2,(H,12,13)/t8-/m1/s1. The number of carbonyl (C=O) groups is 1. The molecule has 5 nitrogen and oxygen atoms in total. The zero-order valence-corrected chi connectivity index (χ0v) is 7.72. The molecule has 1 aromatic heterocycles.